The van der Waals surface area contributed by atoms with Gasteiger partial charge >= 0.3 is 0 Å². The molecule has 0 amide bonds. The third kappa shape index (κ3) is 5.00. The van der Waals surface area contributed by atoms with E-state index in [0.29, 0.717) is 28.6 Å². The normalized spacial score (nSPS) is 12.2. The van der Waals surface area contributed by atoms with E-state index in [1.807, 2.05) is 25.1 Å². The molecule has 0 spiro atoms. The number of hydrogen-bond donors (Lipinski definition) is 3. The van der Waals surface area contributed by atoms with Gasteiger partial charge in [0.25, 0.3) is 0 Å². The Balaban J connectivity index is 1.70. The van der Waals surface area contributed by atoms with Gasteiger partial charge < -0.3 is 15.4 Å². The summed E-state index contributed by atoms with van der Waals surface area (Å²) in [5.74, 6) is -0.370. The average molecular weight is 411 g/mol. The molecule has 3 N–H and O–H groups in total. The van der Waals surface area contributed by atoms with Gasteiger partial charge in [-0.15, -0.1) is 0 Å². The van der Waals surface area contributed by atoms with Crippen molar-refractivity contribution < 1.29 is 9.50 Å². The Labute approximate surface area is 177 Å². The van der Waals surface area contributed by atoms with Crippen LogP contribution in [0.4, 0.5) is 15.8 Å². The molecule has 0 fully saturated rings. The van der Waals surface area contributed by atoms with Crippen molar-refractivity contribution in [1.82, 2.24) is 9.88 Å². The van der Waals surface area contributed by atoms with E-state index >= 15 is 0 Å². The topological polar surface area (TPSA) is 63.7 Å². The average Bonchev–Trinajstić information content (AvgIpc) is 2.98. The van der Waals surface area contributed by atoms with Crippen molar-refractivity contribution in [1.29, 1.82) is 0 Å². The summed E-state index contributed by atoms with van der Waals surface area (Å²) in [4.78, 5) is 9.78. The monoisotopic (exact) mass is 410 g/mol. The second-order valence-corrected chi connectivity index (χ2v) is 8.19. The minimum atomic E-state index is -0.351. The number of aromatic hydroxyl groups is 1. The number of nitrogens with zero attached hydrogens (tertiary/aromatic N) is 2. The van der Waals surface area contributed by atoms with E-state index in [1.165, 1.54) is 12.1 Å². The number of aromatic nitrogens is 1. The predicted octanol–water partition coefficient (Wildman–Crippen LogP) is 5.60. The maximum atomic E-state index is 13.6. The molecule has 3 aromatic rings. The van der Waals surface area contributed by atoms with E-state index in [-0.39, 0.29) is 11.7 Å². The van der Waals surface area contributed by atoms with Crippen LogP contribution in [-0.2, 0) is 0 Å². The van der Waals surface area contributed by atoms with Crippen LogP contribution in [0.2, 0.25) is 0 Å². The second kappa shape index (κ2) is 9.30. The number of rotatable bonds is 8. The molecule has 5 nitrogen and oxygen atoms in total. The summed E-state index contributed by atoms with van der Waals surface area (Å²) in [5, 5.41) is 14.3. The van der Waals surface area contributed by atoms with E-state index in [0.717, 1.165) is 30.0 Å². The lowest BCUT2D eigenvalue weighted by Crippen LogP contribution is -2.40. The molecule has 30 heavy (non-hydrogen) atoms. The van der Waals surface area contributed by atoms with Crippen molar-refractivity contribution in [2.24, 2.45) is 4.99 Å². The van der Waals surface area contributed by atoms with Gasteiger partial charge in [0.1, 0.15) is 5.82 Å². The quantitative estimate of drug-likeness (QED) is 0.423. The van der Waals surface area contributed by atoms with Crippen LogP contribution in [0, 0.1) is 12.7 Å². The van der Waals surface area contributed by atoms with Crippen molar-refractivity contribution in [3.8, 4) is 5.88 Å². The summed E-state index contributed by atoms with van der Waals surface area (Å²) in [6.45, 7) is 12.8. The molecule has 0 unspecified atom stereocenters. The number of aromatic amines is 1. The number of halogens is 1. The van der Waals surface area contributed by atoms with E-state index in [2.05, 4.69) is 47.9 Å². The highest BCUT2D eigenvalue weighted by Gasteiger charge is 2.13. The number of fused-ring (bicyclic) bond motifs is 1. The molecule has 160 valence electrons. The highest BCUT2D eigenvalue weighted by Crippen LogP contribution is 2.28. The molecule has 2 aromatic carbocycles. The van der Waals surface area contributed by atoms with Gasteiger partial charge in [0.05, 0.1) is 11.3 Å². The molecular formula is C24H31FN4O. The molecule has 6 heteroatoms. The Hall–Kier alpha value is -2.86. The van der Waals surface area contributed by atoms with Crippen LogP contribution >= 0.6 is 0 Å². The summed E-state index contributed by atoms with van der Waals surface area (Å²) in [7, 11) is 0. The number of hydrogen-bond acceptors (Lipinski definition) is 4. The third-order valence-corrected chi connectivity index (χ3v) is 5.34. The van der Waals surface area contributed by atoms with Crippen LogP contribution in [0.25, 0.3) is 10.9 Å². The minimum Gasteiger partial charge on any atom is -0.494 e. The molecular weight excluding hydrogens is 379 g/mol. The molecule has 0 atom stereocenters. The number of anilines is 1. The summed E-state index contributed by atoms with van der Waals surface area (Å²) >= 11 is 0. The molecule has 1 heterocycles. The first-order chi connectivity index (χ1) is 14.3. The van der Waals surface area contributed by atoms with Gasteiger partial charge in [-0.05, 0) is 76.6 Å². The molecule has 0 saturated heterocycles. The van der Waals surface area contributed by atoms with Crippen LogP contribution in [0.5, 0.6) is 5.88 Å². The first-order valence-corrected chi connectivity index (χ1v) is 10.4. The summed E-state index contributed by atoms with van der Waals surface area (Å²) < 4.78 is 13.6. The SMILES string of the molecule is Cc1cc(N=Cc2c(O)[nH]c3ccc(F)cc23)ccc1NCCN(C(C)C)C(C)C. The number of H-pyrrole nitrogens is 1. The largest absolute Gasteiger partial charge is 0.494 e. The van der Waals surface area contributed by atoms with Gasteiger partial charge in [-0.3, -0.25) is 9.89 Å². The van der Waals surface area contributed by atoms with Crippen molar-refractivity contribution in [2.75, 3.05) is 18.4 Å². The van der Waals surface area contributed by atoms with E-state index in [1.54, 1.807) is 12.3 Å². The van der Waals surface area contributed by atoms with Crippen LogP contribution < -0.4 is 5.32 Å². The highest BCUT2D eigenvalue weighted by molar-refractivity contribution is 6.02. The fourth-order valence-corrected chi connectivity index (χ4v) is 3.80. The standard InChI is InChI=1S/C24H31FN4O/c1-15(2)29(16(3)4)11-10-26-22-9-7-19(12-17(22)5)27-14-21-20-13-18(25)6-8-23(20)28-24(21)30/h6-9,12-16,26,28,30H,10-11H2,1-5H3. The maximum Gasteiger partial charge on any atom is 0.198 e. The van der Waals surface area contributed by atoms with Crippen molar-refractivity contribution in [3.63, 3.8) is 0 Å². The first kappa shape index (κ1) is 21.8. The Kier molecular flexibility index (Phi) is 6.77. The number of benzene rings is 2. The molecule has 0 bridgehead atoms. The summed E-state index contributed by atoms with van der Waals surface area (Å²) in [5.41, 5.74) is 4.10. The Morgan fingerprint density at radius 1 is 1.13 bits per heavy atom. The number of aliphatic imine (C=N–C) groups is 1. The first-order valence-electron chi connectivity index (χ1n) is 10.4. The molecule has 0 radical (unpaired) electrons. The summed E-state index contributed by atoms with van der Waals surface area (Å²) in [6, 6.07) is 11.3. The third-order valence-electron chi connectivity index (χ3n) is 5.34. The molecule has 3 rings (SSSR count). The van der Waals surface area contributed by atoms with Gasteiger partial charge in [-0.25, -0.2) is 4.39 Å². The van der Waals surface area contributed by atoms with Gasteiger partial charge in [0, 0.05) is 48.0 Å². The smallest absolute Gasteiger partial charge is 0.198 e. The molecule has 0 aliphatic carbocycles. The van der Waals surface area contributed by atoms with Gasteiger partial charge in [-0.1, -0.05) is 0 Å². The van der Waals surface area contributed by atoms with Crippen molar-refractivity contribution in [3.05, 3.63) is 53.3 Å². The maximum absolute atomic E-state index is 13.6. The zero-order valence-corrected chi connectivity index (χ0v) is 18.3. The molecule has 0 saturated carbocycles. The Morgan fingerprint density at radius 2 is 1.87 bits per heavy atom. The lowest BCUT2D eigenvalue weighted by atomic mass is 10.1. The Morgan fingerprint density at radius 3 is 2.53 bits per heavy atom. The molecule has 0 aliphatic rings. The van der Waals surface area contributed by atoms with Gasteiger partial charge in [-0.2, -0.15) is 0 Å². The molecule has 1 aromatic heterocycles. The zero-order chi connectivity index (χ0) is 21.8. The molecule has 0 aliphatic heterocycles. The Bertz CT molecular complexity index is 1030. The van der Waals surface area contributed by atoms with Gasteiger partial charge in [0.2, 0.25) is 0 Å². The van der Waals surface area contributed by atoms with Gasteiger partial charge in [0.15, 0.2) is 5.88 Å². The fraction of sp³-hybridized carbons (Fsp3) is 0.375. The van der Waals surface area contributed by atoms with Crippen LogP contribution in [0.3, 0.4) is 0 Å². The van der Waals surface area contributed by atoms with Crippen molar-refractivity contribution >= 4 is 28.5 Å². The van der Waals surface area contributed by atoms with Crippen LogP contribution in [-0.4, -0.2) is 46.4 Å². The van der Waals surface area contributed by atoms with Crippen LogP contribution in [0.15, 0.2) is 41.4 Å². The lowest BCUT2D eigenvalue weighted by Gasteiger charge is -2.30. The number of nitrogens with one attached hydrogen (secondary N) is 2. The van der Waals surface area contributed by atoms with E-state index < -0.39 is 0 Å². The predicted molar refractivity (Wildman–Crippen MR) is 124 cm³/mol. The minimum absolute atomic E-state index is 0.0192. The lowest BCUT2D eigenvalue weighted by molar-refractivity contribution is 0.182. The zero-order valence-electron chi connectivity index (χ0n) is 18.3. The van der Waals surface area contributed by atoms with E-state index in [4.69, 9.17) is 0 Å². The second-order valence-electron chi connectivity index (χ2n) is 8.19. The number of aryl methyl sites for hydroxylation is 1. The van der Waals surface area contributed by atoms with E-state index in [9.17, 15) is 9.50 Å². The van der Waals surface area contributed by atoms with Crippen molar-refractivity contribution in [2.45, 2.75) is 46.7 Å². The van der Waals surface area contributed by atoms with Crippen LogP contribution in [0.1, 0.15) is 38.8 Å². The summed E-state index contributed by atoms with van der Waals surface area (Å²) in [6.07, 6.45) is 1.57. The highest BCUT2D eigenvalue weighted by atomic mass is 19.1. The fourth-order valence-electron chi connectivity index (χ4n) is 3.80.